The summed E-state index contributed by atoms with van der Waals surface area (Å²) in [5, 5.41) is 40.3. The highest BCUT2D eigenvalue weighted by Gasteiger charge is 2.32. The molecule has 0 aliphatic rings. The number of aliphatic carboxylic acids is 1. The summed E-state index contributed by atoms with van der Waals surface area (Å²) in [6.07, 6.45) is -2.58. The molecule has 3 aromatic rings. The van der Waals surface area contributed by atoms with Crippen LogP contribution in [0.2, 0.25) is 0 Å². The maximum atomic E-state index is 13.3. The van der Waals surface area contributed by atoms with Crippen LogP contribution < -0.4 is 27.0 Å². The van der Waals surface area contributed by atoms with Crippen LogP contribution in [0.3, 0.4) is 0 Å². The summed E-state index contributed by atoms with van der Waals surface area (Å²) in [4.78, 5) is 63.0. The van der Waals surface area contributed by atoms with Crippen molar-refractivity contribution in [2.24, 2.45) is 5.73 Å². The number of carbonyl (C=O) groups is 5. The average molecular weight is 622 g/mol. The van der Waals surface area contributed by atoms with Crippen LogP contribution in [-0.4, -0.2) is 87.8 Å². The third kappa shape index (κ3) is 10.4. The number of benzene rings is 3. The Morgan fingerprint density at radius 2 is 1.31 bits per heavy atom. The lowest BCUT2D eigenvalue weighted by atomic mass is 10.00. The highest BCUT2D eigenvalue weighted by atomic mass is 16.4. The van der Waals surface area contributed by atoms with E-state index in [1.165, 1.54) is 6.92 Å². The molecule has 0 saturated heterocycles. The third-order valence-corrected chi connectivity index (χ3v) is 7.07. The van der Waals surface area contributed by atoms with Crippen molar-refractivity contribution < 1.29 is 39.3 Å². The van der Waals surface area contributed by atoms with Crippen molar-refractivity contribution in [3.8, 4) is 0 Å². The molecule has 0 aliphatic carbocycles. The van der Waals surface area contributed by atoms with Crippen molar-refractivity contribution in [1.29, 1.82) is 0 Å². The Balaban J connectivity index is 1.70. The number of carboxylic acids is 1. The minimum atomic E-state index is -1.68. The summed E-state index contributed by atoms with van der Waals surface area (Å²) >= 11 is 0. The highest BCUT2D eigenvalue weighted by molar-refractivity contribution is 5.94. The molecule has 6 atom stereocenters. The largest absolute Gasteiger partial charge is 0.480 e. The van der Waals surface area contributed by atoms with Crippen molar-refractivity contribution in [1.82, 2.24) is 21.3 Å². The smallest absolute Gasteiger partial charge is 0.328 e. The molecule has 3 rings (SSSR count). The Labute approximate surface area is 260 Å². The predicted octanol–water partition coefficient (Wildman–Crippen LogP) is -0.631. The molecular formula is C32H39N5O8. The molecule has 0 radical (unpaired) electrons. The summed E-state index contributed by atoms with van der Waals surface area (Å²) in [7, 11) is 0. The van der Waals surface area contributed by atoms with E-state index in [9.17, 15) is 39.3 Å². The van der Waals surface area contributed by atoms with Gasteiger partial charge in [0, 0.05) is 6.42 Å². The van der Waals surface area contributed by atoms with Gasteiger partial charge in [-0.05, 0) is 42.2 Å². The van der Waals surface area contributed by atoms with Gasteiger partial charge >= 0.3 is 5.97 Å². The van der Waals surface area contributed by atoms with E-state index in [1.54, 1.807) is 0 Å². The van der Waals surface area contributed by atoms with Crippen molar-refractivity contribution in [2.45, 2.75) is 63.1 Å². The molecule has 4 amide bonds. The standard InChI is InChI=1S/C32H39N5O8/c1-18(38)27(31(43)37-28(19(2)39)32(44)45)36-26(40)17-34-30(42)25(16-21-12-13-22-10-6-7-11-23(22)14-21)35-29(41)24(33)15-20-8-4-3-5-9-20/h3-14,18-19,24-25,27-28,38-39H,15-17,33H2,1-2H3,(H,34,42)(H,35,41)(H,36,40)(H,37,43)(H,44,45)/t18-,19-,24+,25+,27+,28+/m0/s1. The number of hydrogen-bond donors (Lipinski definition) is 8. The van der Waals surface area contributed by atoms with Gasteiger partial charge in [0.15, 0.2) is 6.04 Å². The lowest BCUT2D eigenvalue weighted by molar-refractivity contribution is -0.145. The van der Waals surface area contributed by atoms with E-state index in [0.29, 0.717) is 0 Å². The number of aliphatic hydroxyl groups is 2. The van der Waals surface area contributed by atoms with E-state index >= 15 is 0 Å². The fraction of sp³-hybridized carbons (Fsp3) is 0.344. The first-order valence-electron chi connectivity index (χ1n) is 14.4. The van der Waals surface area contributed by atoms with Gasteiger partial charge < -0.3 is 42.3 Å². The molecule has 0 unspecified atom stereocenters. The van der Waals surface area contributed by atoms with Gasteiger partial charge in [-0.15, -0.1) is 0 Å². The molecule has 45 heavy (non-hydrogen) atoms. The summed E-state index contributed by atoms with van der Waals surface area (Å²) < 4.78 is 0. The van der Waals surface area contributed by atoms with Crippen LogP contribution in [0.1, 0.15) is 25.0 Å². The Hall–Kier alpha value is -4.85. The first-order valence-corrected chi connectivity index (χ1v) is 14.4. The predicted molar refractivity (Wildman–Crippen MR) is 166 cm³/mol. The van der Waals surface area contributed by atoms with Gasteiger partial charge in [-0.2, -0.15) is 0 Å². The fourth-order valence-electron chi connectivity index (χ4n) is 4.60. The minimum Gasteiger partial charge on any atom is -0.480 e. The second kappa shape index (κ2) is 16.3. The van der Waals surface area contributed by atoms with Crippen LogP contribution in [0.5, 0.6) is 0 Å². The molecule has 9 N–H and O–H groups in total. The van der Waals surface area contributed by atoms with Gasteiger partial charge in [0.1, 0.15) is 12.1 Å². The average Bonchev–Trinajstić information content (AvgIpc) is 3.00. The maximum absolute atomic E-state index is 13.3. The maximum Gasteiger partial charge on any atom is 0.328 e. The summed E-state index contributed by atoms with van der Waals surface area (Å²) in [6.45, 7) is 1.73. The van der Waals surface area contributed by atoms with Gasteiger partial charge in [0.25, 0.3) is 0 Å². The molecule has 0 heterocycles. The molecule has 0 aliphatic heterocycles. The van der Waals surface area contributed by atoms with E-state index in [-0.39, 0.29) is 12.8 Å². The molecule has 0 bridgehead atoms. The minimum absolute atomic E-state index is 0.0801. The van der Waals surface area contributed by atoms with E-state index in [1.807, 2.05) is 72.8 Å². The molecule has 0 fully saturated rings. The van der Waals surface area contributed by atoms with Crippen molar-refractivity contribution in [3.63, 3.8) is 0 Å². The number of amides is 4. The molecule has 240 valence electrons. The zero-order valence-corrected chi connectivity index (χ0v) is 25.0. The quantitative estimate of drug-likeness (QED) is 0.108. The van der Waals surface area contributed by atoms with Crippen LogP contribution in [0.15, 0.2) is 72.8 Å². The Morgan fingerprint density at radius 3 is 1.93 bits per heavy atom. The molecular weight excluding hydrogens is 582 g/mol. The van der Waals surface area contributed by atoms with Gasteiger partial charge in [-0.1, -0.05) is 72.8 Å². The first-order chi connectivity index (χ1) is 21.3. The Kier molecular flexibility index (Phi) is 12.5. The number of fused-ring (bicyclic) bond motifs is 1. The van der Waals surface area contributed by atoms with E-state index < -0.39 is 72.5 Å². The Bertz CT molecular complexity index is 1500. The molecule has 3 aromatic carbocycles. The number of nitrogens with one attached hydrogen (secondary N) is 4. The number of carboxylic acid groups (broad SMARTS) is 1. The van der Waals surface area contributed by atoms with Gasteiger partial charge in [-0.3, -0.25) is 19.2 Å². The zero-order chi connectivity index (χ0) is 33.1. The second-order valence-corrected chi connectivity index (χ2v) is 10.8. The fourth-order valence-corrected chi connectivity index (χ4v) is 4.60. The molecule has 0 saturated carbocycles. The van der Waals surface area contributed by atoms with E-state index in [4.69, 9.17) is 5.73 Å². The van der Waals surface area contributed by atoms with Crippen LogP contribution in [0.25, 0.3) is 10.8 Å². The first kappa shape index (κ1) is 34.6. The normalized spacial score (nSPS) is 15.0. The molecule has 13 nitrogen and oxygen atoms in total. The molecule has 0 aromatic heterocycles. The summed E-state index contributed by atoms with van der Waals surface area (Å²) in [5.74, 6) is -4.70. The van der Waals surface area contributed by atoms with Crippen molar-refractivity contribution in [3.05, 3.63) is 83.9 Å². The van der Waals surface area contributed by atoms with Crippen LogP contribution >= 0.6 is 0 Å². The lowest BCUT2D eigenvalue weighted by Crippen LogP contribution is -2.59. The van der Waals surface area contributed by atoms with Gasteiger partial charge in [0.2, 0.25) is 23.6 Å². The molecule has 13 heteroatoms. The van der Waals surface area contributed by atoms with Crippen molar-refractivity contribution in [2.75, 3.05) is 6.54 Å². The van der Waals surface area contributed by atoms with Gasteiger partial charge in [0.05, 0.1) is 24.8 Å². The van der Waals surface area contributed by atoms with E-state index in [0.717, 1.165) is 28.8 Å². The SMILES string of the molecule is C[C@H](O)[C@@H](NC(=O)[C@H](NC(=O)CNC(=O)[C@@H](Cc1ccc2ccccc2c1)NC(=O)[C@H](N)Cc1ccccc1)[C@H](C)O)C(=O)O. The monoisotopic (exact) mass is 621 g/mol. The molecule has 0 spiro atoms. The van der Waals surface area contributed by atoms with Gasteiger partial charge in [-0.25, -0.2) is 4.79 Å². The van der Waals surface area contributed by atoms with Crippen molar-refractivity contribution >= 4 is 40.4 Å². The Morgan fingerprint density at radius 1 is 0.689 bits per heavy atom. The number of carbonyl (C=O) groups excluding carboxylic acids is 4. The van der Waals surface area contributed by atoms with Crippen LogP contribution in [0, 0.1) is 0 Å². The number of hydrogen-bond acceptors (Lipinski definition) is 8. The van der Waals surface area contributed by atoms with E-state index in [2.05, 4.69) is 21.3 Å². The summed E-state index contributed by atoms with van der Waals surface area (Å²) in [6, 6.07) is 17.1. The number of aliphatic hydroxyl groups excluding tert-OH is 2. The third-order valence-electron chi connectivity index (χ3n) is 7.07. The number of nitrogens with two attached hydrogens (primary N) is 1. The van der Waals surface area contributed by atoms with Crippen LogP contribution in [0.4, 0.5) is 0 Å². The van der Waals surface area contributed by atoms with Crippen LogP contribution in [-0.2, 0) is 36.8 Å². The topological polar surface area (TPSA) is 220 Å². The second-order valence-electron chi connectivity index (χ2n) is 10.8. The summed E-state index contributed by atoms with van der Waals surface area (Å²) in [5.41, 5.74) is 7.73. The number of rotatable bonds is 15. The zero-order valence-electron chi connectivity index (χ0n) is 25.0. The highest BCUT2D eigenvalue weighted by Crippen LogP contribution is 2.17. The lowest BCUT2D eigenvalue weighted by Gasteiger charge is -2.25.